The molecule has 408 valence electrons. The average molecular weight is 1080 g/mol. The van der Waals surface area contributed by atoms with Crippen LogP contribution in [0.2, 0.25) is 5.02 Å². The fourth-order valence-corrected chi connectivity index (χ4v) is 16.2. The van der Waals surface area contributed by atoms with Crippen LogP contribution in [0.4, 0.5) is 0 Å². The van der Waals surface area contributed by atoms with Gasteiger partial charge in [-0.15, -0.1) is 21.5 Å². The number of ketones is 2. The van der Waals surface area contributed by atoms with E-state index in [-0.39, 0.29) is 69.4 Å². The van der Waals surface area contributed by atoms with Gasteiger partial charge in [-0.3, -0.25) is 28.7 Å². The molecule has 8 atom stereocenters. The number of rotatable bonds is 18. The zero-order valence-electron chi connectivity index (χ0n) is 46.4. The normalized spacial score (nSPS) is 29.9. The summed E-state index contributed by atoms with van der Waals surface area (Å²) in [6.07, 6.45) is 10.9. The Balaban J connectivity index is 0.693. The molecule has 3 saturated carbocycles. The number of fused-ring (bicyclic) bond motifs is 10. The van der Waals surface area contributed by atoms with E-state index >= 15 is 0 Å². The summed E-state index contributed by atoms with van der Waals surface area (Å²) in [4.78, 5) is 62.7. The summed E-state index contributed by atoms with van der Waals surface area (Å²) in [6.45, 7) is 25.0. The number of thiophene rings is 1. The first-order valence-corrected chi connectivity index (χ1v) is 28.8. The Hall–Kier alpha value is -4.85. The highest BCUT2D eigenvalue weighted by atomic mass is 35.5. The first-order valence-electron chi connectivity index (χ1n) is 27.6. The van der Waals surface area contributed by atoms with Gasteiger partial charge in [0.15, 0.2) is 17.4 Å². The maximum Gasteiger partial charge on any atom is 0.226 e. The number of nitrogens with zero attached hydrogens (tertiary/aromatic N) is 5. The van der Waals surface area contributed by atoms with Crippen LogP contribution in [0.15, 0.2) is 52.6 Å². The monoisotopic (exact) mass is 1080 g/mol. The van der Waals surface area contributed by atoms with Crippen molar-refractivity contribution < 1.29 is 33.4 Å². The third kappa shape index (κ3) is 9.79. The van der Waals surface area contributed by atoms with Gasteiger partial charge in [-0.1, -0.05) is 83.8 Å². The largest absolute Gasteiger partial charge is 0.379 e. The minimum absolute atomic E-state index is 0.00172. The minimum atomic E-state index is -0.716. The summed E-state index contributed by atoms with van der Waals surface area (Å²) in [7, 11) is 0. The molecule has 2 aromatic heterocycles. The quantitative estimate of drug-likeness (QED) is 0.116. The van der Waals surface area contributed by atoms with E-state index in [1.165, 1.54) is 4.88 Å². The van der Waals surface area contributed by atoms with Crippen LogP contribution in [-0.2, 0) is 33.4 Å². The second-order valence-electron chi connectivity index (χ2n) is 24.7. The molecular weight excluding hydrogens is 998 g/mol. The predicted octanol–water partition coefficient (Wildman–Crippen LogP) is 10.5. The molecule has 0 radical (unpaired) electrons. The van der Waals surface area contributed by atoms with E-state index in [1.807, 2.05) is 61.8 Å². The second-order valence-corrected chi connectivity index (χ2v) is 26.3. The van der Waals surface area contributed by atoms with Gasteiger partial charge >= 0.3 is 0 Å². The Kier molecular flexibility index (Phi) is 15.7. The fourth-order valence-electron chi connectivity index (χ4n) is 14.9. The number of hydrogen-bond acceptors (Lipinski definition) is 12. The number of aromatic nitrogens is 3. The number of benzene rings is 1. The smallest absolute Gasteiger partial charge is 0.226 e. The molecule has 14 nitrogen and oxygen atoms in total. The summed E-state index contributed by atoms with van der Waals surface area (Å²) in [5, 5.41) is 27.0. The molecule has 2 amide bonds. The van der Waals surface area contributed by atoms with Crippen LogP contribution in [0.25, 0.3) is 5.00 Å². The van der Waals surface area contributed by atoms with Gasteiger partial charge in [-0.2, -0.15) is 5.26 Å². The second kappa shape index (κ2) is 21.4. The number of carbonyl (C=O) groups is 4. The number of Topliss-reactive ketones (excluding diaryl/α,β-unsaturated/α-hetero) is 1. The Morgan fingerprint density at radius 3 is 2.17 bits per heavy atom. The van der Waals surface area contributed by atoms with E-state index < -0.39 is 22.3 Å². The number of ether oxygens (including phenoxy) is 3. The van der Waals surface area contributed by atoms with E-state index in [2.05, 4.69) is 75.4 Å². The Morgan fingerprint density at radius 2 is 1.50 bits per heavy atom. The molecule has 0 bridgehead atoms. The lowest BCUT2D eigenvalue weighted by Crippen LogP contribution is -2.66. The van der Waals surface area contributed by atoms with Crippen molar-refractivity contribution in [3.63, 3.8) is 0 Å². The molecular formula is C60H78ClN7O7S. The molecule has 9 rings (SSSR count). The van der Waals surface area contributed by atoms with Crippen molar-refractivity contribution in [2.75, 3.05) is 52.7 Å². The molecule has 2 N–H and O–H groups in total. The number of allylic oxidation sites excluding steroid dienone is 4. The number of amides is 2. The van der Waals surface area contributed by atoms with Crippen molar-refractivity contribution in [2.24, 2.45) is 55.2 Å². The molecule has 76 heavy (non-hydrogen) atoms. The molecule has 3 aromatic rings. The third-order valence-corrected chi connectivity index (χ3v) is 20.8. The van der Waals surface area contributed by atoms with E-state index in [1.54, 1.807) is 11.3 Å². The maximum atomic E-state index is 14.9. The summed E-state index contributed by atoms with van der Waals surface area (Å²) in [6, 6.07) is 9.31. The third-order valence-electron chi connectivity index (χ3n) is 19.3. The number of carbonyl (C=O) groups excluding carboxylic acids is 4. The number of halogens is 1. The number of aliphatic imine (C=N–C) groups is 1. The number of nitrogens with one attached hydrogen (secondary N) is 2. The van der Waals surface area contributed by atoms with Crippen molar-refractivity contribution >= 4 is 52.0 Å². The molecule has 5 aliphatic carbocycles. The molecule has 0 saturated heterocycles. The van der Waals surface area contributed by atoms with Crippen molar-refractivity contribution in [2.45, 2.75) is 139 Å². The van der Waals surface area contributed by atoms with Gasteiger partial charge in [0, 0.05) is 64.1 Å². The van der Waals surface area contributed by atoms with Gasteiger partial charge in [0.05, 0.1) is 49.5 Å². The topological polar surface area (TPSA) is 187 Å². The molecule has 6 aliphatic rings. The van der Waals surface area contributed by atoms with Crippen LogP contribution in [-0.4, -0.2) is 96.6 Å². The van der Waals surface area contributed by atoms with Gasteiger partial charge in [0.2, 0.25) is 11.8 Å². The average Bonchev–Trinajstić information content (AvgIpc) is 3.93. The summed E-state index contributed by atoms with van der Waals surface area (Å²) < 4.78 is 19.5. The van der Waals surface area contributed by atoms with Crippen molar-refractivity contribution in [3.8, 4) is 11.1 Å². The zero-order valence-corrected chi connectivity index (χ0v) is 48.0. The summed E-state index contributed by atoms with van der Waals surface area (Å²) in [5.74, 6) is 0.920. The SMILES string of the molecule is Cc1sc2c(c1C)C(c1ccc(Cl)cc1)=NC(CC(=O)NCCCOCCOCCOCCCNC(=O)[C@]13CCC(C)(C)C[C@H]1[C@H]1C(=O)C=C4[C@@]5(C)C=C(C#N)C(=O)C(C)(C)[C@@H]5CC[C@@]4(C)[C@]1(C)CC3)c1nnc(C)n1-2. The van der Waals surface area contributed by atoms with Crippen LogP contribution in [0.1, 0.15) is 152 Å². The molecule has 0 spiro atoms. The fraction of sp³-hybridized carbons (Fsp3) is 0.633. The van der Waals surface area contributed by atoms with Crippen molar-refractivity contribution in [1.29, 1.82) is 5.26 Å². The van der Waals surface area contributed by atoms with E-state index in [9.17, 15) is 24.4 Å². The van der Waals surface area contributed by atoms with Crippen molar-refractivity contribution in [1.82, 2.24) is 25.4 Å². The first-order chi connectivity index (χ1) is 36.0. The van der Waals surface area contributed by atoms with Gasteiger partial charge in [0.25, 0.3) is 0 Å². The molecule has 1 unspecified atom stereocenters. The number of hydrogen-bond donors (Lipinski definition) is 2. The van der Waals surface area contributed by atoms with Gasteiger partial charge in [-0.05, 0) is 130 Å². The molecule has 3 heterocycles. The Labute approximate surface area is 458 Å². The van der Waals surface area contributed by atoms with Crippen LogP contribution in [0.5, 0.6) is 0 Å². The summed E-state index contributed by atoms with van der Waals surface area (Å²) >= 11 is 7.93. The van der Waals surface area contributed by atoms with E-state index in [0.29, 0.717) is 76.4 Å². The van der Waals surface area contributed by atoms with E-state index in [0.717, 1.165) is 83.7 Å². The van der Waals surface area contributed by atoms with E-state index in [4.69, 9.17) is 30.8 Å². The lowest BCUT2D eigenvalue weighted by molar-refractivity contribution is -0.178. The molecule has 3 fully saturated rings. The van der Waals surface area contributed by atoms with Gasteiger partial charge in [-0.25, -0.2) is 0 Å². The van der Waals surface area contributed by atoms with Gasteiger partial charge in [0.1, 0.15) is 22.9 Å². The lowest BCUT2D eigenvalue weighted by atomic mass is 9.34. The molecule has 1 aliphatic heterocycles. The van der Waals surface area contributed by atoms with Crippen LogP contribution >= 0.6 is 22.9 Å². The molecule has 1 aromatic carbocycles. The van der Waals surface area contributed by atoms with Crippen molar-refractivity contribution in [3.05, 3.63) is 85.8 Å². The molecule has 16 heteroatoms. The van der Waals surface area contributed by atoms with Gasteiger partial charge < -0.3 is 24.8 Å². The van der Waals surface area contributed by atoms with Crippen LogP contribution in [0.3, 0.4) is 0 Å². The predicted molar refractivity (Wildman–Crippen MR) is 295 cm³/mol. The number of aryl methyl sites for hydroxylation is 2. The lowest BCUT2D eigenvalue weighted by Gasteiger charge is -2.69. The maximum absolute atomic E-state index is 14.9. The Bertz CT molecular complexity index is 2910. The minimum Gasteiger partial charge on any atom is -0.379 e. The highest BCUT2D eigenvalue weighted by molar-refractivity contribution is 7.15. The highest BCUT2D eigenvalue weighted by Crippen LogP contribution is 2.74. The standard InChI is InChI=1S/C60H78ClN7O7S/c1-36-37(2)76-53-48(36)50(39-13-15-41(61)16-14-39)65-43(52-67-66-38(3)68(52)53)31-47(70)63-23-11-25-73-27-29-75-30-28-74-26-12-24-64-54(72)60-21-19-55(4,5)34-42(60)49-44(69)32-46-57(8)33-40(35-62)51(71)56(6,7)45(57)17-18-58(46,9)59(49,10)20-22-60/h13-16,32-33,42-43,45,49H,11-12,17-31,34H2,1-10H3,(H,63,70)(H,64,72)/t42-,43?,45-,49-,57-,58+,59+,60-/m0/s1. The van der Waals surface area contributed by atoms with Crippen LogP contribution < -0.4 is 10.6 Å². The Morgan fingerprint density at radius 1 is 0.855 bits per heavy atom. The zero-order chi connectivity index (χ0) is 54.6. The van der Waals surface area contributed by atoms with Crippen LogP contribution in [0, 0.1) is 82.3 Å². The summed E-state index contributed by atoms with van der Waals surface area (Å²) in [5.41, 5.74) is 2.52. The highest BCUT2D eigenvalue weighted by Gasteiger charge is 2.71. The first kappa shape index (κ1) is 55.9. The number of nitriles is 1.